The number of para-hydroxylation sites is 1. The molecule has 460 valence electrons. The highest BCUT2D eigenvalue weighted by molar-refractivity contribution is 7.22. The van der Waals surface area contributed by atoms with Crippen molar-refractivity contribution in [2.45, 2.75) is 136 Å². The summed E-state index contributed by atoms with van der Waals surface area (Å²) in [5.41, 5.74) is 11.7. The van der Waals surface area contributed by atoms with Crippen molar-refractivity contribution in [1.29, 1.82) is 0 Å². The average molecular weight is 1230 g/mol. The van der Waals surface area contributed by atoms with Gasteiger partial charge in [0.15, 0.2) is 5.13 Å². The van der Waals surface area contributed by atoms with Gasteiger partial charge in [0.1, 0.15) is 41.6 Å². The van der Waals surface area contributed by atoms with Crippen molar-refractivity contribution in [1.82, 2.24) is 49.9 Å². The summed E-state index contributed by atoms with van der Waals surface area (Å²) in [7, 11) is 2.10. The number of carbonyl (C=O) groups is 4. The lowest BCUT2D eigenvalue weighted by molar-refractivity contribution is -0.141. The molecular formula is C67H78N12O7S2. The van der Waals surface area contributed by atoms with Crippen LogP contribution in [0, 0.1) is 32.6 Å². The molecule has 3 aliphatic heterocycles. The van der Waals surface area contributed by atoms with Crippen LogP contribution in [0.2, 0.25) is 0 Å². The van der Waals surface area contributed by atoms with Gasteiger partial charge >= 0.3 is 0 Å². The monoisotopic (exact) mass is 1230 g/mol. The molecule has 3 atom stereocenters. The number of rotatable bonds is 19. The van der Waals surface area contributed by atoms with Gasteiger partial charge in [-0.3, -0.25) is 34.1 Å². The number of aliphatic hydroxyl groups is 1. The summed E-state index contributed by atoms with van der Waals surface area (Å²) in [5, 5.41) is 26.4. The topological polar surface area (TPSA) is 217 Å². The van der Waals surface area contributed by atoms with Crippen molar-refractivity contribution in [2.75, 3.05) is 56.6 Å². The van der Waals surface area contributed by atoms with Gasteiger partial charge in [-0.05, 0) is 125 Å². The number of carbonyl (C=O) groups excluding carboxylic acids is 4. The number of piperidine rings is 1. The maximum absolute atomic E-state index is 15.2. The Balaban J connectivity index is 0.723. The molecule has 8 heterocycles. The van der Waals surface area contributed by atoms with E-state index in [4.69, 9.17) is 19.3 Å². The van der Waals surface area contributed by atoms with E-state index in [0.29, 0.717) is 91.1 Å². The van der Waals surface area contributed by atoms with E-state index < -0.39 is 18.1 Å². The number of nitrogens with one attached hydrogen (secondary N) is 2. The zero-order valence-electron chi connectivity index (χ0n) is 51.0. The number of nitrogens with zero attached hydrogens (tertiary/aromatic N) is 10. The zero-order chi connectivity index (χ0) is 61.2. The summed E-state index contributed by atoms with van der Waals surface area (Å²) in [6.07, 6.45) is 9.58. The van der Waals surface area contributed by atoms with Crippen LogP contribution < -0.4 is 20.3 Å². The molecule has 3 aromatic carbocycles. The van der Waals surface area contributed by atoms with Crippen LogP contribution >= 0.6 is 22.7 Å². The first-order valence-corrected chi connectivity index (χ1v) is 32.7. The quantitative estimate of drug-likeness (QED) is 0.0687. The van der Waals surface area contributed by atoms with Crippen molar-refractivity contribution < 1.29 is 33.5 Å². The maximum Gasteiger partial charge on any atom is 0.273 e. The lowest BCUT2D eigenvalue weighted by Crippen LogP contribution is -2.48. The fourth-order valence-corrected chi connectivity index (χ4v) is 15.0. The molecule has 8 aromatic rings. The van der Waals surface area contributed by atoms with Crippen molar-refractivity contribution in [3.63, 3.8) is 0 Å². The van der Waals surface area contributed by atoms with Crippen LogP contribution in [0.1, 0.15) is 132 Å². The standard InChI is InChI=1S/C67H78N12O7S2/c1-40(2)60(57-31-41(3)74-86-57)65(83)78-37-49(80)33-55(78)64(82)68-34-47-20-19-46(62-42(4)69-39-87-62)32-56(47)85-30-29-75(6)48-24-27-76(28-25-48)66(84)61-50(52-35-70-79(43(52)5)36-44-13-8-7-9-14-44)21-22-59(72-61)77-26-23-45-15-12-16-51(53(45)38-77)63(81)73-67-71-54-17-10-11-18-58(54)88-67/h10-12,15-22,31-32,35,39-40,44,48-49,55,60,80H,7-9,13-14,23-30,33-34,36-38H2,1-6H3,(H,68,82)(H,71,73,81)/t49-,55+,60?/m1/s1. The number of fused-ring (bicyclic) bond motifs is 2. The second-order valence-corrected chi connectivity index (χ2v) is 26.5. The largest absolute Gasteiger partial charge is 0.492 e. The van der Waals surface area contributed by atoms with Crippen molar-refractivity contribution in [2.24, 2.45) is 11.8 Å². The van der Waals surface area contributed by atoms with Crippen molar-refractivity contribution in [3.05, 3.63) is 141 Å². The maximum atomic E-state index is 15.2. The third kappa shape index (κ3) is 13.0. The Kier molecular flexibility index (Phi) is 18.2. The van der Waals surface area contributed by atoms with Gasteiger partial charge in [-0.2, -0.15) is 5.10 Å². The Morgan fingerprint density at radius 1 is 0.909 bits per heavy atom. The number of benzene rings is 3. The minimum absolute atomic E-state index is 0.0427. The minimum atomic E-state index is -0.868. The van der Waals surface area contributed by atoms with Crippen molar-refractivity contribution >= 4 is 67.5 Å². The molecule has 0 spiro atoms. The van der Waals surface area contributed by atoms with Gasteiger partial charge in [0.25, 0.3) is 11.8 Å². The van der Waals surface area contributed by atoms with E-state index in [0.717, 1.165) is 79.2 Å². The summed E-state index contributed by atoms with van der Waals surface area (Å²) >= 11 is 3.01. The molecule has 12 rings (SSSR count). The molecular weight excluding hydrogens is 1150 g/mol. The number of likely N-dealkylation sites (tertiary alicyclic amines) is 2. The summed E-state index contributed by atoms with van der Waals surface area (Å²) in [5.74, 6) is 0.567. The fourth-order valence-electron chi connectivity index (χ4n) is 13.3. The van der Waals surface area contributed by atoms with Gasteiger partial charge in [0.05, 0.1) is 44.3 Å². The van der Waals surface area contributed by atoms with Crippen LogP contribution in [0.4, 0.5) is 10.9 Å². The molecule has 21 heteroatoms. The second kappa shape index (κ2) is 26.5. The third-order valence-electron chi connectivity index (χ3n) is 18.3. The molecule has 88 heavy (non-hydrogen) atoms. The summed E-state index contributed by atoms with van der Waals surface area (Å²) in [6, 6.07) is 24.9. The molecule has 0 radical (unpaired) electrons. The molecule has 0 bridgehead atoms. The number of hydrogen-bond donors (Lipinski definition) is 3. The van der Waals surface area contributed by atoms with Crippen LogP contribution in [-0.2, 0) is 35.6 Å². The lowest BCUT2D eigenvalue weighted by atomic mass is 9.89. The number of thiazole rings is 2. The molecule has 1 aliphatic carbocycles. The zero-order valence-corrected chi connectivity index (χ0v) is 52.7. The van der Waals surface area contributed by atoms with E-state index in [-0.39, 0.29) is 55.1 Å². The van der Waals surface area contributed by atoms with Gasteiger partial charge in [-0.1, -0.05) is 86.0 Å². The smallest absolute Gasteiger partial charge is 0.273 e. The number of ether oxygens (including phenoxy) is 1. The Labute approximate surface area is 521 Å². The van der Waals surface area contributed by atoms with Crippen LogP contribution in [0.15, 0.2) is 95.1 Å². The predicted molar refractivity (Wildman–Crippen MR) is 342 cm³/mol. The van der Waals surface area contributed by atoms with Gasteiger partial charge in [-0.25, -0.2) is 15.0 Å². The summed E-state index contributed by atoms with van der Waals surface area (Å²) in [6.45, 7) is 14.0. The van der Waals surface area contributed by atoms with E-state index in [1.165, 1.54) is 48.3 Å². The second-order valence-electron chi connectivity index (χ2n) is 24.6. The fraction of sp³-hybridized carbons (Fsp3) is 0.448. The highest BCUT2D eigenvalue weighted by Gasteiger charge is 2.43. The molecule has 19 nitrogen and oxygen atoms in total. The average Bonchev–Trinajstić information content (AvgIpc) is 3.33. The van der Waals surface area contributed by atoms with Crippen molar-refractivity contribution in [3.8, 4) is 27.3 Å². The van der Waals surface area contributed by atoms with E-state index >= 15 is 4.79 Å². The van der Waals surface area contributed by atoms with Crippen LogP contribution in [0.5, 0.6) is 5.75 Å². The SMILES string of the molecule is Cc1cc(C(C(=O)N2C[C@H](O)C[C@H]2C(=O)NCc2ccc(-c3scnc3C)cc2OCCN(C)C2CCN(C(=O)c3nc(N4CCc5cccc(C(=O)Nc6nc7ccccc7s6)c5C4)ccc3-c3cnn(CC4CCCCC4)c3C)CC2)C(C)C)on1. The molecule has 1 unspecified atom stereocenters. The first-order valence-electron chi connectivity index (χ1n) is 31.1. The normalized spacial score (nSPS) is 17.9. The molecule has 4 amide bonds. The van der Waals surface area contributed by atoms with Gasteiger partial charge in [0.2, 0.25) is 11.8 Å². The molecule has 3 fully saturated rings. The number of anilines is 2. The first kappa shape index (κ1) is 60.4. The van der Waals surface area contributed by atoms with E-state index in [1.807, 2.05) is 104 Å². The Morgan fingerprint density at radius 3 is 2.49 bits per heavy atom. The van der Waals surface area contributed by atoms with Gasteiger partial charge in [-0.15, -0.1) is 11.3 Å². The van der Waals surface area contributed by atoms with Gasteiger partial charge in [0, 0.05) is 98.8 Å². The third-order valence-corrected chi connectivity index (χ3v) is 20.3. The molecule has 5 aromatic heterocycles. The number of likely N-dealkylation sites (N-methyl/N-ethyl adjacent to an activating group) is 1. The van der Waals surface area contributed by atoms with E-state index in [9.17, 15) is 19.5 Å². The number of pyridine rings is 1. The number of aliphatic hydroxyl groups excluding tert-OH is 1. The highest BCUT2D eigenvalue weighted by Crippen LogP contribution is 2.37. The number of aromatic nitrogens is 6. The number of amides is 4. The Morgan fingerprint density at radius 2 is 1.73 bits per heavy atom. The first-order chi connectivity index (χ1) is 42.6. The van der Waals surface area contributed by atoms with Crippen LogP contribution in [-0.4, -0.2) is 138 Å². The van der Waals surface area contributed by atoms with Crippen LogP contribution in [0.3, 0.4) is 0 Å². The van der Waals surface area contributed by atoms with Crippen LogP contribution in [0.25, 0.3) is 31.8 Å². The van der Waals surface area contributed by atoms with E-state index in [2.05, 4.69) is 60.3 Å². The number of β-amino-alcohol motifs (C(OH)–C–C–N with tert-alkyl or cyclic N) is 1. The number of aryl methyl sites for hydroxylation is 2. The summed E-state index contributed by atoms with van der Waals surface area (Å²) in [4.78, 5) is 80.8. The minimum Gasteiger partial charge on any atom is -0.492 e. The summed E-state index contributed by atoms with van der Waals surface area (Å²) < 4.78 is 15.3. The molecule has 2 saturated heterocycles. The Bertz CT molecular complexity index is 3800. The molecule has 1 saturated carbocycles. The Hall–Kier alpha value is -7.85. The molecule has 3 N–H and O–H groups in total. The lowest BCUT2D eigenvalue weighted by Gasteiger charge is -2.37. The number of hydrogen-bond acceptors (Lipinski definition) is 16. The van der Waals surface area contributed by atoms with Gasteiger partial charge < -0.3 is 34.4 Å². The molecule has 4 aliphatic rings. The van der Waals surface area contributed by atoms with E-state index in [1.54, 1.807) is 24.3 Å². The highest BCUT2D eigenvalue weighted by atomic mass is 32.1. The predicted octanol–water partition coefficient (Wildman–Crippen LogP) is 10.6.